The lowest BCUT2D eigenvalue weighted by Crippen LogP contribution is -2.33. The molecule has 40 heavy (non-hydrogen) atoms. The first-order valence-corrected chi connectivity index (χ1v) is 13.2. The lowest BCUT2D eigenvalue weighted by atomic mass is 9.89. The molecule has 2 aromatic carbocycles. The van der Waals surface area contributed by atoms with Gasteiger partial charge in [0.2, 0.25) is 0 Å². The number of halogens is 2. The summed E-state index contributed by atoms with van der Waals surface area (Å²) in [6, 6.07) is 8.67. The van der Waals surface area contributed by atoms with Gasteiger partial charge in [0.1, 0.15) is 22.9 Å². The highest BCUT2D eigenvalue weighted by Crippen LogP contribution is 2.42. The van der Waals surface area contributed by atoms with E-state index in [1.807, 2.05) is 19.1 Å². The van der Waals surface area contributed by atoms with E-state index >= 15 is 0 Å². The lowest BCUT2D eigenvalue weighted by Gasteiger charge is -2.29. The second-order valence-electron chi connectivity index (χ2n) is 11.2. The summed E-state index contributed by atoms with van der Waals surface area (Å²) in [4.78, 5) is 26.5. The van der Waals surface area contributed by atoms with E-state index < -0.39 is 34.9 Å². The van der Waals surface area contributed by atoms with Crippen molar-refractivity contribution >= 4 is 16.9 Å². The largest absolute Gasteiger partial charge is 0.493 e. The molecular weight excluding hydrogens is 518 g/mol. The fraction of sp³-hybridized carbons (Fsp3) is 0.355. The molecular formula is C31H32F2N2O5. The van der Waals surface area contributed by atoms with Crippen molar-refractivity contribution in [2.75, 3.05) is 6.61 Å². The molecule has 0 radical (unpaired) electrons. The number of hydrogen-bond donors (Lipinski definition) is 1. The Labute approximate surface area is 230 Å². The van der Waals surface area contributed by atoms with E-state index in [9.17, 15) is 23.5 Å². The predicted octanol–water partition coefficient (Wildman–Crippen LogP) is 5.91. The normalized spacial score (nSPS) is 14.2. The number of aromatic nitrogens is 2. The first-order valence-electron chi connectivity index (χ1n) is 13.2. The third-order valence-corrected chi connectivity index (χ3v) is 7.30. The second-order valence-corrected chi connectivity index (χ2v) is 11.2. The predicted molar refractivity (Wildman–Crippen MR) is 148 cm³/mol. The minimum absolute atomic E-state index is 0.0843. The van der Waals surface area contributed by atoms with Crippen molar-refractivity contribution in [3.63, 3.8) is 0 Å². The SMILES string of the molecule is Cc1c(-c2c(C(OC(C)(C)C)C(=O)O)n(C)c(=O)c3c2ccn3Cc2cc(F)ccc2F)ccc2c1CCCO2. The minimum Gasteiger partial charge on any atom is -0.493 e. The molecule has 0 saturated heterocycles. The molecule has 1 aliphatic rings. The van der Waals surface area contributed by atoms with Crippen LogP contribution in [-0.4, -0.2) is 32.4 Å². The fourth-order valence-electron chi connectivity index (χ4n) is 5.51. The zero-order valence-corrected chi connectivity index (χ0v) is 23.2. The van der Waals surface area contributed by atoms with Gasteiger partial charge in [-0.3, -0.25) is 4.79 Å². The van der Waals surface area contributed by atoms with Crippen LogP contribution < -0.4 is 10.3 Å². The van der Waals surface area contributed by atoms with Crippen LogP contribution in [0.25, 0.3) is 22.0 Å². The molecule has 1 unspecified atom stereocenters. The van der Waals surface area contributed by atoms with Gasteiger partial charge in [-0.05, 0) is 87.6 Å². The molecule has 0 saturated carbocycles. The molecule has 210 valence electrons. The highest BCUT2D eigenvalue weighted by molar-refractivity contribution is 5.99. The van der Waals surface area contributed by atoms with Gasteiger partial charge in [0.05, 0.1) is 24.4 Å². The number of rotatable bonds is 6. The highest BCUT2D eigenvalue weighted by atomic mass is 19.1. The number of hydrogen-bond acceptors (Lipinski definition) is 4. The summed E-state index contributed by atoms with van der Waals surface area (Å²) < 4.78 is 43.2. The van der Waals surface area contributed by atoms with Crippen LogP contribution in [0, 0.1) is 18.6 Å². The van der Waals surface area contributed by atoms with Crippen LogP contribution in [0.15, 0.2) is 47.4 Å². The van der Waals surface area contributed by atoms with Crippen LogP contribution in [0.1, 0.15) is 55.7 Å². The van der Waals surface area contributed by atoms with Gasteiger partial charge in [-0.2, -0.15) is 0 Å². The van der Waals surface area contributed by atoms with Crippen molar-refractivity contribution in [3.8, 4) is 16.9 Å². The summed E-state index contributed by atoms with van der Waals surface area (Å²) in [5, 5.41) is 10.8. The van der Waals surface area contributed by atoms with Gasteiger partial charge >= 0.3 is 5.97 Å². The van der Waals surface area contributed by atoms with Crippen molar-refractivity contribution in [1.29, 1.82) is 0 Å². The molecule has 0 fully saturated rings. The summed E-state index contributed by atoms with van der Waals surface area (Å²) in [6.45, 7) is 7.77. The van der Waals surface area contributed by atoms with Crippen LogP contribution in [0.5, 0.6) is 5.75 Å². The maximum atomic E-state index is 14.6. The molecule has 1 atom stereocenters. The zero-order chi connectivity index (χ0) is 28.9. The maximum absolute atomic E-state index is 14.6. The van der Waals surface area contributed by atoms with Crippen LogP contribution in [0.2, 0.25) is 0 Å². The Morgan fingerprint density at radius 3 is 2.62 bits per heavy atom. The van der Waals surface area contributed by atoms with E-state index in [1.54, 1.807) is 37.6 Å². The molecule has 1 aliphatic heterocycles. The smallest absolute Gasteiger partial charge is 0.339 e. The van der Waals surface area contributed by atoms with Gasteiger partial charge in [0.15, 0.2) is 6.10 Å². The molecule has 7 nitrogen and oxygen atoms in total. The van der Waals surface area contributed by atoms with E-state index in [4.69, 9.17) is 9.47 Å². The van der Waals surface area contributed by atoms with Crippen LogP contribution in [-0.2, 0) is 29.5 Å². The van der Waals surface area contributed by atoms with E-state index in [0.717, 1.165) is 53.5 Å². The number of pyridine rings is 1. The first kappa shape index (κ1) is 27.6. The maximum Gasteiger partial charge on any atom is 0.339 e. The lowest BCUT2D eigenvalue weighted by molar-refractivity contribution is -0.161. The fourth-order valence-corrected chi connectivity index (χ4v) is 5.51. The quantitative estimate of drug-likeness (QED) is 0.323. The number of carboxylic acids is 1. The van der Waals surface area contributed by atoms with Crippen molar-refractivity contribution in [3.05, 3.63) is 87.0 Å². The van der Waals surface area contributed by atoms with Crippen molar-refractivity contribution in [1.82, 2.24) is 9.13 Å². The van der Waals surface area contributed by atoms with Gasteiger partial charge in [0, 0.05) is 29.8 Å². The average Bonchev–Trinajstić information content (AvgIpc) is 3.30. The Bertz CT molecular complexity index is 1700. The van der Waals surface area contributed by atoms with E-state index in [2.05, 4.69) is 0 Å². The number of nitrogens with zero attached hydrogens (tertiary/aromatic N) is 2. The van der Waals surface area contributed by atoms with Gasteiger partial charge in [0.25, 0.3) is 5.56 Å². The summed E-state index contributed by atoms with van der Waals surface area (Å²) in [5.41, 5.74) is 2.48. The Kier molecular flexibility index (Phi) is 7.04. The minimum atomic E-state index is -1.45. The van der Waals surface area contributed by atoms with Gasteiger partial charge in [-0.25, -0.2) is 13.6 Å². The summed E-state index contributed by atoms with van der Waals surface area (Å²) in [5.74, 6) is -1.62. The van der Waals surface area contributed by atoms with Gasteiger partial charge in [-0.15, -0.1) is 0 Å². The Morgan fingerprint density at radius 2 is 1.93 bits per heavy atom. The highest BCUT2D eigenvalue weighted by Gasteiger charge is 2.34. The van der Waals surface area contributed by atoms with Crippen molar-refractivity contribution in [2.24, 2.45) is 7.05 Å². The van der Waals surface area contributed by atoms with Crippen LogP contribution in [0.3, 0.4) is 0 Å². The third kappa shape index (κ3) is 4.90. The van der Waals surface area contributed by atoms with Crippen molar-refractivity contribution < 1.29 is 28.2 Å². The number of ether oxygens (including phenoxy) is 2. The number of carbonyl (C=O) groups is 1. The number of fused-ring (bicyclic) bond motifs is 2. The summed E-state index contributed by atoms with van der Waals surface area (Å²) in [7, 11) is 1.51. The van der Waals surface area contributed by atoms with Crippen LogP contribution in [0.4, 0.5) is 8.78 Å². The van der Waals surface area contributed by atoms with Crippen molar-refractivity contribution in [2.45, 2.75) is 58.8 Å². The molecule has 5 rings (SSSR count). The van der Waals surface area contributed by atoms with E-state index in [-0.39, 0.29) is 23.3 Å². The average molecular weight is 551 g/mol. The Balaban J connectivity index is 1.84. The van der Waals surface area contributed by atoms with E-state index in [1.165, 1.54) is 11.6 Å². The summed E-state index contributed by atoms with van der Waals surface area (Å²) >= 11 is 0. The summed E-state index contributed by atoms with van der Waals surface area (Å²) in [6.07, 6.45) is 1.85. The first-order chi connectivity index (χ1) is 18.9. The van der Waals surface area contributed by atoms with E-state index in [0.29, 0.717) is 17.6 Å². The number of benzene rings is 2. The molecule has 3 heterocycles. The van der Waals surface area contributed by atoms with Gasteiger partial charge < -0.3 is 23.7 Å². The molecule has 0 spiro atoms. The monoisotopic (exact) mass is 550 g/mol. The number of carboxylic acid groups (broad SMARTS) is 1. The Hall–Kier alpha value is -3.98. The zero-order valence-electron chi connectivity index (χ0n) is 23.2. The number of aliphatic carboxylic acids is 1. The second kappa shape index (κ2) is 10.2. The molecule has 4 aromatic rings. The topological polar surface area (TPSA) is 82.7 Å². The molecule has 0 aliphatic carbocycles. The van der Waals surface area contributed by atoms with Gasteiger partial charge in [-0.1, -0.05) is 6.07 Å². The molecule has 1 N–H and O–H groups in total. The molecule has 9 heteroatoms. The molecule has 0 bridgehead atoms. The third-order valence-electron chi connectivity index (χ3n) is 7.30. The standard InChI is InChI=1S/C31H32F2N2O5/c1-17-20-7-6-14-39-24(20)11-9-21(17)25-22-12-13-35(16-18-15-19(32)8-10-23(18)33)26(22)29(36)34(5)27(25)28(30(37)38)40-31(2,3)4/h8-13,15,28H,6-7,14,16H2,1-5H3,(H,37,38). The Morgan fingerprint density at radius 1 is 1.18 bits per heavy atom. The molecule has 2 aromatic heterocycles. The molecule has 0 amide bonds. The van der Waals surface area contributed by atoms with Crippen LogP contribution >= 0.6 is 0 Å².